The van der Waals surface area contributed by atoms with Gasteiger partial charge in [-0.3, -0.25) is 19.4 Å². The molecule has 44 heavy (non-hydrogen) atoms. The number of allylic oxidation sites excluding steroid dienone is 1. The van der Waals surface area contributed by atoms with Crippen LogP contribution in [0.1, 0.15) is 53.5 Å². The van der Waals surface area contributed by atoms with Crippen LogP contribution in [0.3, 0.4) is 0 Å². The Balaban J connectivity index is 1.31. The highest BCUT2D eigenvalue weighted by Crippen LogP contribution is 2.42. The quantitative estimate of drug-likeness (QED) is 0.510. The number of benzene rings is 1. The molecule has 2 saturated heterocycles. The SMILES string of the molecule is C[C@@H]1CN(CC(=O)N2CC(C)(C)C3=C2CC(Cc2ccc(F)cc2)CN3)[C@@H](CN2CCNC(=O)C2)CN1C(=O)OC(C)(C)C. The predicted molar refractivity (Wildman–Crippen MR) is 166 cm³/mol. The molecule has 2 N–H and O–H groups in total. The first-order valence-corrected chi connectivity index (χ1v) is 15.9. The molecule has 0 aliphatic carbocycles. The average Bonchev–Trinajstić information content (AvgIpc) is 3.20. The molecule has 10 nitrogen and oxygen atoms in total. The van der Waals surface area contributed by atoms with Gasteiger partial charge in [0.05, 0.1) is 13.1 Å². The van der Waals surface area contributed by atoms with Gasteiger partial charge in [0.25, 0.3) is 0 Å². The van der Waals surface area contributed by atoms with E-state index in [-0.39, 0.29) is 47.8 Å². The van der Waals surface area contributed by atoms with Gasteiger partial charge in [0.2, 0.25) is 11.8 Å². The number of ether oxygens (including phenoxy) is 1. The molecule has 1 aromatic carbocycles. The fourth-order valence-electron chi connectivity index (χ4n) is 7.03. The molecule has 5 rings (SSSR count). The molecule has 0 saturated carbocycles. The summed E-state index contributed by atoms with van der Waals surface area (Å²) >= 11 is 0. The van der Waals surface area contributed by atoms with Gasteiger partial charge < -0.3 is 25.2 Å². The molecule has 0 radical (unpaired) electrons. The zero-order valence-electron chi connectivity index (χ0n) is 27.1. The molecule has 0 spiro atoms. The summed E-state index contributed by atoms with van der Waals surface area (Å²) in [4.78, 5) is 47.5. The summed E-state index contributed by atoms with van der Waals surface area (Å²) in [5.74, 6) is 0.0918. The van der Waals surface area contributed by atoms with Crippen molar-refractivity contribution in [1.82, 2.24) is 30.2 Å². The number of rotatable bonds is 6. The summed E-state index contributed by atoms with van der Waals surface area (Å²) in [6.45, 7) is 16.7. The maximum Gasteiger partial charge on any atom is 0.410 e. The van der Waals surface area contributed by atoms with Gasteiger partial charge in [-0.2, -0.15) is 0 Å². The zero-order valence-corrected chi connectivity index (χ0v) is 27.1. The molecular weight excluding hydrogens is 563 g/mol. The molecule has 2 fully saturated rings. The number of nitrogens with zero attached hydrogens (tertiary/aromatic N) is 4. The van der Waals surface area contributed by atoms with E-state index in [1.807, 2.05) is 44.7 Å². The van der Waals surface area contributed by atoms with E-state index < -0.39 is 5.60 Å². The summed E-state index contributed by atoms with van der Waals surface area (Å²) in [7, 11) is 0. The first-order valence-electron chi connectivity index (χ1n) is 15.9. The monoisotopic (exact) mass is 612 g/mol. The Hall–Kier alpha value is -3.18. The van der Waals surface area contributed by atoms with Gasteiger partial charge >= 0.3 is 6.09 Å². The van der Waals surface area contributed by atoms with Gasteiger partial charge in [-0.1, -0.05) is 26.0 Å². The molecule has 242 valence electrons. The third-order valence-electron chi connectivity index (χ3n) is 9.14. The fourth-order valence-corrected chi connectivity index (χ4v) is 7.03. The first-order chi connectivity index (χ1) is 20.7. The zero-order chi connectivity index (χ0) is 31.8. The lowest BCUT2D eigenvalue weighted by atomic mass is 9.85. The highest BCUT2D eigenvalue weighted by Gasteiger charge is 2.45. The van der Waals surface area contributed by atoms with Crippen LogP contribution < -0.4 is 10.6 Å². The molecule has 4 aliphatic heterocycles. The van der Waals surface area contributed by atoms with E-state index >= 15 is 0 Å². The molecular formula is C33H49FN6O4. The van der Waals surface area contributed by atoms with E-state index in [2.05, 4.69) is 34.3 Å². The normalized spacial score (nSPS) is 26.2. The number of carbonyl (C=O) groups excluding carboxylic acids is 3. The number of hydrogen-bond donors (Lipinski definition) is 2. The summed E-state index contributed by atoms with van der Waals surface area (Å²) < 4.78 is 19.2. The van der Waals surface area contributed by atoms with Crippen molar-refractivity contribution >= 4 is 17.9 Å². The van der Waals surface area contributed by atoms with Crippen molar-refractivity contribution in [1.29, 1.82) is 0 Å². The Labute approximate surface area is 260 Å². The minimum absolute atomic E-state index is 0.00851. The molecule has 1 aromatic rings. The van der Waals surface area contributed by atoms with E-state index in [1.54, 1.807) is 4.90 Å². The molecule has 1 unspecified atom stereocenters. The second-order valence-corrected chi connectivity index (χ2v) is 14.6. The smallest absolute Gasteiger partial charge is 0.410 e. The lowest BCUT2D eigenvalue weighted by Gasteiger charge is -2.47. The second kappa shape index (κ2) is 12.7. The van der Waals surface area contributed by atoms with Crippen LogP contribution >= 0.6 is 0 Å². The Morgan fingerprint density at radius 2 is 1.84 bits per heavy atom. The van der Waals surface area contributed by atoms with Gasteiger partial charge in [-0.05, 0) is 64.2 Å². The average molecular weight is 613 g/mol. The van der Waals surface area contributed by atoms with Crippen molar-refractivity contribution in [2.75, 3.05) is 58.9 Å². The van der Waals surface area contributed by atoms with Crippen molar-refractivity contribution < 1.29 is 23.5 Å². The Bertz CT molecular complexity index is 1280. The van der Waals surface area contributed by atoms with Crippen LogP contribution in [-0.2, 0) is 20.7 Å². The van der Waals surface area contributed by atoms with Crippen molar-refractivity contribution in [2.45, 2.75) is 72.1 Å². The van der Waals surface area contributed by atoms with Crippen molar-refractivity contribution in [3.8, 4) is 0 Å². The summed E-state index contributed by atoms with van der Waals surface area (Å²) in [5, 5.41) is 6.53. The third-order valence-corrected chi connectivity index (χ3v) is 9.14. The summed E-state index contributed by atoms with van der Waals surface area (Å²) in [6.07, 6.45) is 1.24. The molecule has 4 aliphatic rings. The number of carbonyl (C=O) groups is 3. The van der Waals surface area contributed by atoms with E-state index in [0.29, 0.717) is 45.2 Å². The van der Waals surface area contributed by atoms with Gasteiger partial charge in [0, 0.05) is 74.7 Å². The molecule has 0 bridgehead atoms. The minimum atomic E-state index is -0.610. The standard InChI is InChI=1S/C33H49FN6O4/c1-22-16-38(26(17-37-12-11-35-28(41)19-37)18-39(22)31(43)44-32(2,3)4)20-29(42)40-21-33(5,6)30-27(40)14-24(15-36-30)13-23-7-9-25(34)10-8-23/h7-10,22,24,26,36H,11-21H2,1-6H3,(H,35,41)/t22-,24?,26+/m1/s1. The first kappa shape index (κ1) is 32.2. The topological polar surface area (TPSA) is 97.5 Å². The van der Waals surface area contributed by atoms with Crippen LogP contribution in [0.2, 0.25) is 0 Å². The van der Waals surface area contributed by atoms with Gasteiger partial charge in [-0.15, -0.1) is 0 Å². The van der Waals surface area contributed by atoms with Crippen LogP contribution in [0.5, 0.6) is 0 Å². The van der Waals surface area contributed by atoms with Crippen LogP contribution in [-0.4, -0.2) is 114 Å². The second-order valence-electron chi connectivity index (χ2n) is 14.6. The number of hydrogen-bond acceptors (Lipinski definition) is 7. The maximum absolute atomic E-state index is 14.2. The number of piperazine rings is 2. The van der Waals surface area contributed by atoms with Crippen molar-refractivity contribution in [2.24, 2.45) is 11.3 Å². The summed E-state index contributed by atoms with van der Waals surface area (Å²) in [6, 6.07) is 6.41. The highest BCUT2D eigenvalue weighted by atomic mass is 19.1. The highest BCUT2D eigenvalue weighted by molar-refractivity contribution is 5.81. The number of amides is 3. The van der Waals surface area contributed by atoms with Crippen molar-refractivity contribution in [3.05, 3.63) is 47.0 Å². The van der Waals surface area contributed by atoms with Crippen molar-refractivity contribution in [3.63, 3.8) is 0 Å². The Morgan fingerprint density at radius 3 is 2.52 bits per heavy atom. The lowest BCUT2D eigenvalue weighted by Crippen LogP contribution is -2.64. The largest absolute Gasteiger partial charge is 0.444 e. The van der Waals surface area contributed by atoms with E-state index in [4.69, 9.17) is 4.74 Å². The van der Waals surface area contributed by atoms with E-state index in [1.165, 1.54) is 12.1 Å². The molecule has 4 heterocycles. The van der Waals surface area contributed by atoms with Crippen LogP contribution in [0.4, 0.5) is 9.18 Å². The fraction of sp³-hybridized carbons (Fsp3) is 0.667. The maximum atomic E-state index is 14.2. The molecule has 3 amide bonds. The predicted octanol–water partition coefficient (Wildman–Crippen LogP) is 2.80. The summed E-state index contributed by atoms with van der Waals surface area (Å²) in [5.41, 5.74) is 2.49. The Morgan fingerprint density at radius 1 is 1.11 bits per heavy atom. The number of nitrogens with one attached hydrogen (secondary N) is 2. The van der Waals surface area contributed by atoms with Gasteiger partial charge in [-0.25, -0.2) is 9.18 Å². The van der Waals surface area contributed by atoms with Gasteiger partial charge in [0.1, 0.15) is 11.4 Å². The van der Waals surface area contributed by atoms with Gasteiger partial charge in [0.15, 0.2) is 0 Å². The molecule has 0 aromatic heterocycles. The Kier molecular flexibility index (Phi) is 9.28. The lowest BCUT2D eigenvalue weighted by molar-refractivity contribution is -0.133. The molecule has 3 atom stereocenters. The van der Waals surface area contributed by atoms with Crippen LogP contribution in [0, 0.1) is 17.2 Å². The van der Waals surface area contributed by atoms with Crippen LogP contribution in [0.15, 0.2) is 35.7 Å². The van der Waals surface area contributed by atoms with E-state index in [0.717, 1.165) is 42.9 Å². The van der Waals surface area contributed by atoms with Crippen LogP contribution in [0.25, 0.3) is 0 Å². The number of halogens is 1. The molecule has 11 heteroatoms. The third kappa shape index (κ3) is 7.54. The minimum Gasteiger partial charge on any atom is -0.444 e. The van der Waals surface area contributed by atoms with E-state index in [9.17, 15) is 18.8 Å².